The van der Waals surface area contributed by atoms with Crippen LogP contribution in [0.1, 0.15) is 17.3 Å². The second-order valence-corrected chi connectivity index (χ2v) is 4.32. The summed E-state index contributed by atoms with van der Waals surface area (Å²) in [4.78, 5) is 15.2. The van der Waals surface area contributed by atoms with E-state index in [1.165, 1.54) is 0 Å². The fraction of sp³-hybridized carbons (Fsp3) is 0.143. The van der Waals surface area contributed by atoms with E-state index in [0.29, 0.717) is 11.3 Å². The van der Waals surface area contributed by atoms with Gasteiger partial charge in [-0.2, -0.15) is 5.10 Å². The Morgan fingerprint density at radius 3 is 3.11 bits per heavy atom. The van der Waals surface area contributed by atoms with Gasteiger partial charge in [-0.25, -0.2) is 0 Å². The normalized spacial score (nSPS) is 10.8. The maximum absolute atomic E-state index is 12.1. The van der Waals surface area contributed by atoms with Crippen LogP contribution in [0.3, 0.4) is 0 Å². The molecule has 5 heteroatoms. The molecule has 2 aromatic heterocycles. The highest BCUT2D eigenvalue weighted by Gasteiger charge is 2.08. The van der Waals surface area contributed by atoms with Crippen molar-refractivity contribution in [3.8, 4) is 0 Å². The van der Waals surface area contributed by atoms with E-state index in [1.54, 1.807) is 16.9 Å². The monoisotopic (exact) mass is 254 g/mol. The highest BCUT2D eigenvalue weighted by atomic mass is 16.1. The summed E-state index contributed by atoms with van der Waals surface area (Å²) >= 11 is 0. The van der Waals surface area contributed by atoms with Crippen molar-refractivity contribution in [3.63, 3.8) is 0 Å². The highest BCUT2D eigenvalue weighted by Crippen LogP contribution is 2.15. The number of hydrogen-bond acceptors (Lipinski definition) is 2. The number of anilines is 1. The molecule has 2 heterocycles. The number of amides is 1. The molecule has 0 aliphatic carbocycles. The Hall–Kier alpha value is -2.56. The fourth-order valence-corrected chi connectivity index (χ4v) is 2.00. The van der Waals surface area contributed by atoms with E-state index in [9.17, 15) is 4.79 Å². The first-order valence-electron chi connectivity index (χ1n) is 6.17. The molecule has 3 rings (SSSR count). The molecule has 0 unspecified atom stereocenters. The van der Waals surface area contributed by atoms with Crippen LogP contribution < -0.4 is 5.32 Å². The molecule has 2 N–H and O–H groups in total. The Labute approximate surface area is 110 Å². The zero-order chi connectivity index (χ0) is 13.2. The average Bonchev–Trinajstić information content (AvgIpc) is 3.05. The van der Waals surface area contributed by atoms with E-state index in [4.69, 9.17) is 0 Å². The second kappa shape index (κ2) is 4.61. The SMILES string of the molecule is CCn1cc(NC(=O)c2ccc3[nH]ccc3c2)cn1. The van der Waals surface area contributed by atoms with Crippen LogP contribution >= 0.6 is 0 Å². The molecule has 0 bridgehead atoms. The third-order valence-electron chi connectivity index (χ3n) is 3.03. The van der Waals surface area contributed by atoms with Crippen molar-refractivity contribution in [1.82, 2.24) is 14.8 Å². The quantitative estimate of drug-likeness (QED) is 0.754. The van der Waals surface area contributed by atoms with E-state index in [-0.39, 0.29) is 5.91 Å². The third kappa shape index (κ3) is 2.22. The smallest absolute Gasteiger partial charge is 0.255 e. The Bertz CT molecular complexity index is 726. The molecule has 1 aromatic carbocycles. The number of H-pyrrole nitrogens is 1. The van der Waals surface area contributed by atoms with Crippen LogP contribution in [0, 0.1) is 0 Å². The van der Waals surface area contributed by atoms with Crippen LogP contribution in [0.5, 0.6) is 0 Å². The molecular formula is C14H14N4O. The van der Waals surface area contributed by atoms with Crippen LogP contribution in [-0.2, 0) is 6.54 Å². The molecule has 0 fully saturated rings. The zero-order valence-electron chi connectivity index (χ0n) is 10.6. The Morgan fingerprint density at radius 2 is 2.32 bits per heavy atom. The lowest BCUT2D eigenvalue weighted by Gasteiger charge is -2.02. The van der Waals surface area contributed by atoms with Crippen molar-refractivity contribution >= 4 is 22.5 Å². The predicted octanol–water partition coefficient (Wildman–Crippen LogP) is 2.64. The summed E-state index contributed by atoms with van der Waals surface area (Å²) in [5.41, 5.74) is 2.37. The van der Waals surface area contributed by atoms with Gasteiger partial charge in [0.05, 0.1) is 11.9 Å². The van der Waals surface area contributed by atoms with Gasteiger partial charge in [0.25, 0.3) is 5.91 Å². The summed E-state index contributed by atoms with van der Waals surface area (Å²) in [5.74, 6) is -0.126. The lowest BCUT2D eigenvalue weighted by molar-refractivity contribution is 0.102. The number of carbonyl (C=O) groups is 1. The zero-order valence-corrected chi connectivity index (χ0v) is 10.6. The largest absolute Gasteiger partial charge is 0.361 e. The highest BCUT2D eigenvalue weighted by molar-refractivity contribution is 6.06. The van der Waals surface area contributed by atoms with E-state index in [2.05, 4.69) is 15.4 Å². The van der Waals surface area contributed by atoms with Gasteiger partial charge in [0.2, 0.25) is 0 Å². The van der Waals surface area contributed by atoms with Crippen LogP contribution in [0.25, 0.3) is 10.9 Å². The fourth-order valence-electron chi connectivity index (χ4n) is 2.00. The van der Waals surface area contributed by atoms with Gasteiger partial charge in [0, 0.05) is 35.4 Å². The molecule has 5 nitrogen and oxygen atoms in total. The van der Waals surface area contributed by atoms with Crippen molar-refractivity contribution < 1.29 is 4.79 Å². The van der Waals surface area contributed by atoms with Gasteiger partial charge in [0.1, 0.15) is 0 Å². The average molecular weight is 254 g/mol. The van der Waals surface area contributed by atoms with Crippen molar-refractivity contribution in [2.45, 2.75) is 13.5 Å². The topological polar surface area (TPSA) is 62.7 Å². The van der Waals surface area contributed by atoms with Gasteiger partial charge < -0.3 is 10.3 Å². The number of aromatic amines is 1. The molecule has 0 aliphatic rings. The molecule has 19 heavy (non-hydrogen) atoms. The second-order valence-electron chi connectivity index (χ2n) is 4.32. The standard InChI is InChI=1S/C14H14N4O/c1-2-18-9-12(8-16-18)17-14(19)11-3-4-13-10(7-11)5-6-15-13/h3-9,15H,2H2,1H3,(H,17,19). The molecule has 0 spiro atoms. The molecule has 0 atom stereocenters. The summed E-state index contributed by atoms with van der Waals surface area (Å²) in [7, 11) is 0. The number of fused-ring (bicyclic) bond motifs is 1. The van der Waals surface area contributed by atoms with E-state index < -0.39 is 0 Å². The minimum Gasteiger partial charge on any atom is -0.361 e. The number of benzene rings is 1. The Morgan fingerprint density at radius 1 is 1.42 bits per heavy atom. The summed E-state index contributed by atoms with van der Waals surface area (Å²) in [6, 6.07) is 7.52. The third-order valence-corrected chi connectivity index (χ3v) is 3.03. The van der Waals surface area contributed by atoms with E-state index in [0.717, 1.165) is 17.4 Å². The predicted molar refractivity (Wildman–Crippen MR) is 74.2 cm³/mol. The number of rotatable bonds is 3. The van der Waals surface area contributed by atoms with Crippen molar-refractivity contribution in [3.05, 3.63) is 48.4 Å². The molecule has 0 saturated carbocycles. The number of nitrogens with zero attached hydrogens (tertiary/aromatic N) is 2. The van der Waals surface area contributed by atoms with Crippen LogP contribution in [0.2, 0.25) is 0 Å². The van der Waals surface area contributed by atoms with E-state index >= 15 is 0 Å². The van der Waals surface area contributed by atoms with E-state index in [1.807, 2.05) is 37.5 Å². The van der Waals surface area contributed by atoms with Crippen molar-refractivity contribution in [2.24, 2.45) is 0 Å². The maximum Gasteiger partial charge on any atom is 0.255 e. The number of hydrogen-bond donors (Lipinski definition) is 2. The first-order valence-corrected chi connectivity index (χ1v) is 6.17. The molecule has 96 valence electrons. The molecule has 3 aromatic rings. The number of aryl methyl sites for hydroxylation is 1. The van der Waals surface area contributed by atoms with Gasteiger partial charge in [-0.05, 0) is 31.2 Å². The first kappa shape index (κ1) is 11.5. The maximum atomic E-state index is 12.1. The minimum absolute atomic E-state index is 0.126. The number of carbonyl (C=O) groups excluding carboxylic acids is 1. The van der Waals surface area contributed by atoms with Gasteiger partial charge in [-0.1, -0.05) is 0 Å². The Balaban J connectivity index is 1.82. The van der Waals surface area contributed by atoms with Gasteiger partial charge >= 0.3 is 0 Å². The van der Waals surface area contributed by atoms with Crippen molar-refractivity contribution in [2.75, 3.05) is 5.32 Å². The minimum atomic E-state index is -0.126. The molecule has 1 amide bonds. The Kier molecular flexibility index (Phi) is 2.79. The van der Waals surface area contributed by atoms with Crippen LogP contribution in [0.4, 0.5) is 5.69 Å². The van der Waals surface area contributed by atoms with Crippen LogP contribution in [-0.4, -0.2) is 20.7 Å². The lowest BCUT2D eigenvalue weighted by Crippen LogP contribution is -2.11. The number of nitrogens with one attached hydrogen (secondary N) is 2. The summed E-state index contributed by atoms with van der Waals surface area (Å²) < 4.78 is 1.77. The summed E-state index contributed by atoms with van der Waals surface area (Å²) in [6.45, 7) is 2.78. The molecular weight excluding hydrogens is 240 g/mol. The van der Waals surface area contributed by atoms with Crippen molar-refractivity contribution in [1.29, 1.82) is 0 Å². The van der Waals surface area contributed by atoms with Gasteiger partial charge in [-0.15, -0.1) is 0 Å². The molecule has 0 radical (unpaired) electrons. The first-order chi connectivity index (χ1) is 9.26. The lowest BCUT2D eigenvalue weighted by atomic mass is 10.1. The molecule has 0 saturated heterocycles. The number of aromatic nitrogens is 3. The molecule has 0 aliphatic heterocycles. The van der Waals surface area contributed by atoms with Gasteiger partial charge in [-0.3, -0.25) is 9.48 Å². The summed E-state index contributed by atoms with van der Waals surface area (Å²) in [5, 5.41) is 7.98. The van der Waals surface area contributed by atoms with Crippen LogP contribution in [0.15, 0.2) is 42.9 Å². The summed E-state index contributed by atoms with van der Waals surface area (Å²) in [6.07, 6.45) is 5.32. The van der Waals surface area contributed by atoms with Gasteiger partial charge in [0.15, 0.2) is 0 Å².